The fourth-order valence-corrected chi connectivity index (χ4v) is 3.42. The van der Waals surface area contributed by atoms with Crippen molar-refractivity contribution in [2.45, 2.75) is 31.7 Å². The van der Waals surface area contributed by atoms with Gasteiger partial charge in [-0.25, -0.2) is 0 Å². The third-order valence-electron chi connectivity index (χ3n) is 4.97. The number of ether oxygens (including phenoxy) is 1. The van der Waals surface area contributed by atoms with Gasteiger partial charge in [0.05, 0.1) is 12.7 Å². The van der Waals surface area contributed by atoms with Crippen molar-refractivity contribution in [3.63, 3.8) is 0 Å². The number of hydrogen-bond donors (Lipinski definition) is 1. The number of carbonyl (C=O) groups is 2. The van der Waals surface area contributed by atoms with E-state index in [9.17, 15) is 9.59 Å². The molecule has 0 atom stereocenters. The van der Waals surface area contributed by atoms with E-state index in [0.717, 1.165) is 19.3 Å². The lowest BCUT2D eigenvalue weighted by Gasteiger charge is -2.32. The first-order valence-electron chi connectivity index (χ1n) is 9.43. The van der Waals surface area contributed by atoms with E-state index in [1.807, 2.05) is 47.4 Å². The molecule has 1 heterocycles. The zero-order valence-electron chi connectivity index (χ0n) is 15.7. The molecule has 2 aromatic carbocycles. The second-order valence-corrected chi connectivity index (χ2v) is 6.82. The SMILES string of the molecule is COc1ccccc1C(=O)N1CCC(NC(=O)CCc2ccccc2)CC1. The molecule has 1 N–H and O–H groups in total. The minimum atomic E-state index is -0.0127. The van der Waals surface area contributed by atoms with Crippen molar-refractivity contribution in [1.82, 2.24) is 10.2 Å². The van der Waals surface area contributed by atoms with Crippen LogP contribution in [0.15, 0.2) is 54.6 Å². The number of hydrogen-bond acceptors (Lipinski definition) is 3. The molecule has 1 saturated heterocycles. The molecular weight excluding hydrogens is 340 g/mol. The molecule has 0 aromatic heterocycles. The molecular formula is C22H26N2O3. The minimum Gasteiger partial charge on any atom is -0.496 e. The molecule has 2 aromatic rings. The maximum atomic E-state index is 12.7. The van der Waals surface area contributed by atoms with Gasteiger partial charge < -0.3 is 15.0 Å². The second kappa shape index (κ2) is 9.21. The lowest BCUT2D eigenvalue weighted by molar-refractivity contribution is -0.122. The second-order valence-electron chi connectivity index (χ2n) is 6.82. The van der Waals surface area contributed by atoms with E-state index in [2.05, 4.69) is 5.32 Å². The lowest BCUT2D eigenvalue weighted by atomic mass is 10.0. The van der Waals surface area contributed by atoms with E-state index in [-0.39, 0.29) is 17.9 Å². The highest BCUT2D eigenvalue weighted by Gasteiger charge is 2.25. The number of amides is 2. The van der Waals surface area contributed by atoms with Crippen LogP contribution in [0.4, 0.5) is 0 Å². The Morgan fingerprint density at radius 1 is 1.04 bits per heavy atom. The summed E-state index contributed by atoms with van der Waals surface area (Å²) >= 11 is 0. The van der Waals surface area contributed by atoms with Gasteiger partial charge in [0.25, 0.3) is 5.91 Å². The number of rotatable bonds is 6. The summed E-state index contributed by atoms with van der Waals surface area (Å²) in [7, 11) is 1.57. The molecule has 5 nitrogen and oxygen atoms in total. The zero-order chi connectivity index (χ0) is 19.1. The Balaban J connectivity index is 1.46. The standard InChI is InChI=1S/C22H26N2O3/c1-27-20-10-6-5-9-19(20)22(26)24-15-13-18(14-16-24)23-21(25)12-11-17-7-3-2-4-8-17/h2-10,18H,11-16H2,1H3,(H,23,25). The summed E-state index contributed by atoms with van der Waals surface area (Å²) in [6.45, 7) is 1.28. The quantitative estimate of drug-likeness (QED) is 0.855. The Morgan fingerprint density at radius 3 is 2.41 bits per heavy atom. The van der Waals surface area contributed by atoms with Crippen LogP contribution >= 0.6 is 0 Å². The summed E-state index contributed by atoms with van der Waals surface area (Å²) in [6.07, 6.45) is 2.79. The number of benzene rings is 2. The number of likely N-dealkylation sites (tertiary alicyclic amines) is 1. The molecule has 3 rings (SSSR count). The molecule has 0 radical (unpaired) electrons. The van der Waals surface area contributed by atoms with Gasteiger partial charge in [-0.05, 0) is 37.0 Å². The molecule has 1 aliphatic rings. The van der Waals surface area contributed by atoms with Crippen LogP contribution in [0.5, 0.6) is 5.75 Å². The van der Waals surface area contributed by atoms with Gasteiger partial charge in [0.2, 0.25) is 5.91 Å². The van der Waals surface area contributed by atoms with Crippen molar-refractivity contribution in [2.75, 3.05) is 20.2 Å². The molecule has 0 aliphatic carbocycles. The molecule has 0 bridgehead atoms. The van der Waals surface area contributed by atoms with E-state index in [1.54, 1.807) is 19.2 Å². The molecule has 142 valence electrons. The summed E-state index contributed by atoms with van der Waals surface area (Å²) in [5.74, 6) is 0.661. The Kier molecular flexibility index (Phi) is 6.47. The molecule has 1 fully saturated rings. The highest BCUT2D eigenvalue weighted by molar-refractivity contribution is 5.97. The summed E-state index contributed by atoms with van der Waals surface area (Å²) in [6, 6.07) is 17.4. The topological polar surface area (TPSA) is 58.6 Å². The molecule has 0 spiro atoms. The summed E-state index contributed by atoms with van der Waals surface area (Å²) in [5.41, 5.74) is 1.76. The third kappa shape index (κ3) is 5.09. The zero-order valence-corrected chi connectivity index (χ0v) is 15.7. The fourth-order valence-electron chi connectivity index (χ4n) is 3.42. The molecule has 0 saturated carbocycles. The van der Waals surface area contributed by atoms with Crippen molar-refractivity contribution < 1.29 is 14.3 Å². The van der Waals surface area contributed by atoms with Crippen molar-refractivity contribution in [2.24, 2.45) is 0 Å². The average Bonchev–Trinajstić information content (AvgIpc) is 2.73. The third-order valence-corrected chi connectivity index (χ3v) is 4.97. The van der Waals surface area contributed by atoms with E-state index in [4.69, 9.17) is 4.74 Å². The summed E-state index contributed by atoms with van der Waals surface area (Å²) in [4.78, 5) is 26.8. The van der Waals surface area contributed by atoms with Crippen molar-refractivity contribution in [3.8, 4) is 5.75 Å². The lowest BCUT2D eigenvalue weighted by Crippen LogP contribution is -2.46. The van der Waals surface area contributed by atoms with Crippen LogP contribution in [-0.4, -0.2) is 43.0 Å². The van der Waals surface area contributed by atoms with Gasteiger partial charge in [0.1, 0.15) is 5.75 Å². The van der Waals surface area contributed by atoms with E-state index in [1.165, 1.54) is 5.56 Å². The average molecular weight is 366 g/mol. The molecule has 27 heavy (non-hydrogen) atoms. The number of nitrogens with one attached hydrogen (secondary N) is 1. The highest BCUT2D eigenvalue weighted by atomic mass is 16.5. The van der Waals surface area contributed by atoms with Crippen LogP contribution in [0, 0.1) is 0 Å². The predicted molar refractivity (Wildman–Crippen MR) is 105 cm³/mol. The van der Waals surface area contributed by atoms with E-state index >= 15 is 0 Å². The van der Waals surface area contributed by atoms with Gasteiger partial charge in [-0.2, -0.15) is 0 Å². The maximum Gasteiger partial charge on any atom is 0.257 e. The van der Waals surface area contributed by atoms with Crippen molar-refractivity contribution in [1.29, 1.82) is 0 Å². The maximum absolute atomic E-state index is 12.7. The van der Waals surface area contributed by atoms with E-state index < -0.39 is 0 Å². The fraction of sp³-hybridized carbons (Fsp3) is 0.364. The van der Waals surface area contributed by atoms with Gasteiger partial charge in [-0.3, -0.25) is 9.59 Å². The van der Waals surface area contributed by atoms with Crippen LogP contribution in [-0.2, 0) is 11.2 Å². The first-order valence-corrected chi connectivity index (χ1v) is 9.43. The summed E-state index contributed by atoms with van der Waals surface area (Å²) < 4.78 is 5.29. The first kappa shape index (κ1) is 19.0. The Labute approximate surface area is 160 Å². The number of carbonyl (C=O) groups excluding carboxylic acids is 2. The Morgan fingerprint density at radius 2 is 1.70 bits per heavy atom. The normalized spacial score (nSPS) is 14.6. The van der Waals surface area contributed by atoms with Gasteiger partial charge in [0.15, 0.2) is 0 Å². The monoisotopic (exact) mass is 366 g/mol. The van der Waals surface area contributed by atoms with Gasteiger partial charge in [0, 0.05) is 25.6 Å². The largest absolute Gasteiger partial charge is 0.496 e. The Bertz CT molecular complexity index is 768. The van der Waals surface area contributed by atoms with Crippen molar-refractivity contribution in [3.05, 3.63) is 65.7 Å². The smallest absolute Gasteiger partial charge is 0.257 e. The van der Waals surface area contributed by atoms with Crippen LogP contribution in [0.25, 0.3) is 0 Å². The van der Waals surface area contributed by atoms with Gasteiger partial charge in [-0.1, -0.05) is 42.5 Å². The van der Waals surface area contributed by atoms with E-state index in [0.29, 0.717) is 30.8 Å². The Hall–Kier alpha value is -2.82. The first-order chi connectivity index (χ1) is 13.2. The van der Waals surface area contributed by atoms with Gasteiger partial charge >= 0.3 is 0 Å². The van der Waals surface area contributed by atoms with Crippen LogP contribution in [0.2, 0.25) is 0 Å². The highest BCUT2D eigenvalue weighted by Crippen LogP contribution is 2.21. The molecule has 2 amide bonds. The predicted octanol–water partition coefficient (Wildman–Crippen LogP) is 3.05. The molecule has 5 heteroatoms. The van der Waals surface area contributed by atoms with Crippen LogP contribution < -0.4 is 10.1 Å². The van der Waals surface area contributed by atoms with Crippen molar-refractivity contribution >= 4 is 11.8 Å². The minimum absolute atomic E-state index is 0.0127. The van der Waals surface area contributed by atoms with Crippen LogP contribution in [0.3, 0.4) is 0 Å². The number of nitrogens with zero attached hydrogens (tertiary/aromatic N) is 1. The number of aryl methyl sites for hydroxylation is 1. The number of piperidine rings is 1. The van der Waals surface area contributed by atoms with Gasteiger partial charge in [-0.15, -0.1) is 0 Å². The number of methoxy groups -OCH3 is 1. The molecule has 0 unspecified atom stereocenters. The number of para-hydroxylation sites is 1. The molecule has 1 aliphatic heterocycles. The van der Waals surface area contributed by atoms with Crippen LogP contribution in [0.1, 0.15) is 35.2 Å². The summed E-state index contributed by atoms with van der Waals surface area (Å²) in [5, 5.41) is 3.11.